The summed E-state index contributed by atoms with van der Waals surface area (Å²) < 4.78 is 41.6. The molecule has 2 aliphatic carbocycles. The molecule has 5 aromatic rings. The van der Waals surface area contributed by atoms with E-state index in [0.717, 1.165) is 53.2 Å². The monoisotopic (exact) mass is 908 g/mol. The van der Waals surface area contributed by atoms with Crippen molar-refractivity contribution in [1.82, 2.24) is 4.90 Å². The molecule has 67 heavy (non-hydrogen) atoms. The third kappa shape index (κ3) is 10.8. The summed E-state index contributed by atoms with van der Waals surface area (Å²) in [5.74, 6) is -0.810. The standard InChI is InChI=1S/C56H61FN2O8/c1-3-5-32-63-55(62)59(37-39-21-24-44(57)25-22-39)52-36-50(58-65-38-40-15-7-6-8-16-40)48-34-43(19-11-13-29-60)47(20-12-14-30-61)53-49-35-46(66-45-26-23-41-17-9-10-18-42(41)33-45)27-28-51(49)67-56(52,54(48)53)64-31-4-2/h3-4,6-10,15-18,21-28,33-35,43,47,52-54,60-61H,1-2,5,11-14,19-20,29-32,36-38H2. The van der Waals surface area contributed by atoms with E-state index in [1.165, 1.54) is 12.1 Å². The van der Waals surface area contributed by atoms with Gasteiger partial charge in [-0.2, -0.15) is 0 Å². The first-order valence-corrected chi connectivity index (χ1v) is 23.6. The number of allylic oxidation sites excluding steroid dienone is 1. The summed E-state index contributed by atoms with van der Waals surface area (Å²) in [5.41, 5.74) is 4.10. The van der Waals surface area contributed by atoms with Crippen LogP contribution in [0.5, 0.6) is 17.2 Å². The molecule has 0 aromatic heterocycles. The molecule has 1 amide bonds. The van der Waals surface area contributed by atoms with Gasteiger partial charge in [-0.3, -0.25) is 4.90 Å². The van der Waals surface area contributed by atoms with Crippen molar-refractivity contribution in [3.8, 4) is 17.2 Å². The molecule has 0 radical (unpaired) electrons. The highest BCUT2D eigenvalue weighted by molar-refractivity contribution is 6.03. The Kier molecular flexibility index (Phi) is 15.8. The second kappa shape index (κ2) is 22.5. The van der Waals surface area contributed by atoms with Crippen molar-refractivity contribution in [3.63, 3.8) is 0 Å². The van der Waals surface area contributed by atoms with Gasteiger partial charge in [0.25, 0.3) is 0 Å². The highest BCUT2D eigenvalue weighted by atomic mass is 19.1. The van der Waals surface area contributed by atoms with E-state index in [-0.39, 0.29) is 63.8 Å². The Morgan fingerprint density at radius 1 is 0.836 bits per heavy atom. The summed E-state index contributed by atoms with van der Waals surface area (Å²) in [6.07, 6.45) is 10.1. The van der Waals surface area contributed by atoms with E-state index >= 15 is 0 Å². The number of halogens is 1. The molecule has 0 saturated heterocycles. The van der Waals surface area contributed by atoms with Gasteiger partial charge in [-0.05, 0) is 114 Å². The fourth-order valence-corrected chi connectivity index (χ4v) is 10.2. The van der Waals surface area contributed by atoms with Crippen molar-refractivity contribution in [3.05, 3.63) is 175 Å². The number of fused-ring (bicyclic) bond motifs is 3. The lowest BCUT2D eigenvalue weighted by Crippen LogP contribution is -2.70. The van der Waals surface area contributed by atoms with Crippen LogP contribution >= 0.6 is 0 Å². The molecule has 0 bridgehead atoms. The molecule has 350 valence electrons. The molecule has 11 heteroatoms. The van der Waals surface area contributed by atoms with Gasteiger partial charge in [0, 0.05) is 37.7 Å². The largest absolute Gasteiger partial charge is 0.459 e. The highest BCUT2D eigenvalue weighted by Gasteiger charge is 2.65. The van der Waals surface area contributed by atoms with Crippen molar-refractivity contribution in [2.45, 2.75) is 82.3 Å². The molecular formula is C56H61FN2O8. The number of amides is 1. The summed E-state index contributed by atoms with van der Waals surface area (Å²) in [7, 11) is 0. The normalized spacial score (nSPS) is 22.2. The van der Waals surface area contributed by atoms with Crippen LogP contribution in [0.3, 0.4) is 0 Å². The van der Waals surface area contributed by atoms with Crippen LogP contribution < -0.4 is 9.47 Å². The summed E-state index contributed by atoms with van der Waals surface area (Å²) in [5, 5.41) is 27.2. The van der Waals surface area contributed by atoms with Crippen LogP contribution in [0.25, 0.3) is 10.8 Å². The average molecular weight is 909 g/mol. The number of unbranched alkanes of at least 4 members (excludes halogenated alkanes) is 2. The molecule has 6 atom stereocenters. The Hall–Kier alpha value is -6.27. The summed E-state index contributed by atoms with van der Waals surface area (Å²) in [6.45, 7) is 8.48. The number of hydrogen-bond acceptors (Lipinski definition) is 9. The highest BCUT2D eigenvalue weighted by Crippen LogP contribution is 2.62. The minimum atomic E-state index is -1.53. The van der Waals surface area contributed by atoms with Crippen molar-refractivity contribution in [2.75, 3.05) is 26.4 Å². The van der Waals surface area contributed by atoms with Crippen LogP contribution in [0, 0.1) is 23.6 Å². The smallest absolute Gasteiger partial charge is 0.410 e. The first kappa shape index (κ1) is 47.2. The Balaban J connectivity index is 1.33. The van der Waals surface area contributed by atoms with Crippen LogP contribution in [0.1, 0.15) is 74.0 Å². The van der Waals surface area contributed by atoms with Gasteiger partial charge in [-0.15, -0.1) is 13.2 Å². The lowest BCUT2D eigenvalue weighted by atomic mass is 9.55. The minimum Gasteiger partial charge on any atom is -0.459 e. The van der Waals surface area contributed by atoms with E-state index in [2.05, 4.69) is 37.4 Å². The van der Waals surface area contributed by atoms with E-state index in [1.54, 1.807) is 29.2 Å². The molecule has 1 heterocycles. The van der Waals surface area contributed by atoms with Gasteiger partial charge in [-0.1, -0.05) is 109 Å². The maximum absolute atomic E-state index is 14.7. The van der Waals surface area contributed by atoms with Crippen LogP contribution in [0.15, 0.2) is 157 Å². The molecule has 10 nitrogen and oxygen atoms in total. The Bertz CT molecular complexity index is 2530. The molecule has 0 spiro atoms. The molecule has 1 saturated carbocycles. The Labute approximate surface area is 393 Å². The molecule has 1 aliphatic heterocycles. The molecule has 8 rings (SSSR count). The van der Waals surface area contributed by atoms with E-state index < -0.39 is 29.7 Å². The predicted octanol–water partition coefficient (Wildman–Crippen LogP) is 11.8. The van der Waals surface area contributed by atoms with Crippen molar-refractivity contribution in [2.24, 2.45) is 22.9 Å². The maximum Gasteiger partial charge on any atom is 0.410 e. The van der Waals surface area contributed by atoms with Gasteiger partial charge in [0.2, 0.25) is 5.79 Å². The van der Waals surface area contributed by atoms with E-state index in [1.807, 2.05) is 72.8 Å². The second-order valence-corrected chi connectivity index (χ2v) is 17.6. The SMILES string of the molecule is C=CCCOC(=O)N(Cc1ccc(F)cc1)C1CC(=NOCc2ccccc2)C2=CC(CCCCO)C(CCCCO)C3c4cc(Oc5ccc6ccccc6c5)ccc4OC1(OCC=C)C23. The number of nitrogens with zero attached hydrogens (tertiary/aromatic N) is 2. The third-order valence-corrected chi connectivity index (χ3v) is 13.3. The van der Waals surface area contributed by atoms with Crippen molar-refractivity contribution in [1.29, 1.82) is 0 Å². The zero-order valence-corrected chi connectivity index (χ0v) is 38.0. The van der Waals surface area contributed by atoms with Gasteiger partial charge in [0.1, 0.15) is 35.7 Å². The molecule has 5 aromatic carbocycles. The minimum absolute atomic E-state index is 0.000374. The number of aliphatic hydroxyl groups excluding tert-OH is 2. The molecule has 1 fully saturated rings. The zero-order valence-electron chi connectivity index (χ0n) is 38.0. The zero-order chi connectivity index (χ0) is 46.6. The summed E-state index contributed by atoms with van der Waals surface area (Å²) in [4.78, 5) is 22.6. The second-order valence-electron chi connectivity index (χ2n) is 17.6. The topological polar surface area (TPSA) is 119 Å². The van der Waals surface area contributed by atoms with E-state index in [9.17, 15) is 19.4 Å². The van der Waals surface area contributed by atoms with Gasteiger partial charge < -0.3 is 34.0 Å². The number of carbonyl (C=O) groups is 1. The number of ether oxygens (including phenoxy) is 4. The number of aliphatic hydroxyl groups is 2. The van der Waals surface area contributed by atoms with Gasteiger partial charge in [0.15, 0.2) is 0 Å². The third-order valence-electron chi connectivity index (χ3n) is 13.3. The van der Waals surface area contributed by atoms with Crippen LogP contribution in [-0.4, -0.2) is 65.2 Å². The fraction of sp³-hybridized carbons (Fsp3) is 0.357. The van der Waals surface area contributed by atoms with Crippen LogP contribution in [0.2, 0.25) is 0 Å². The quantitative estimate of drug-likeness (QED) is 0.0400. The molecule has 6 unspecified atom stereocenters. The number of carbonyl (C=O) groups excluding carboxylic acids is 1. The average Bonchev–Trinajstić information content (AvgIpc) is 3.35. The van der Waals surface area contributed by atoms with Gasteiger partial charge in [0.05, 0.1) is 24.8 Å². The molecule has 2 N–H and O–H groups in total. The van der Waals surface area contributed by atoms with Crippen molar-refractivity contribution < 1.29 is 43.2 Å². The first-order chi connectivity index (χ1) is 32.8. The van der Waals surface area contributed by atoms with Gasteiger partial charge >= 0.3 is 6.09 Å². The van der Waals surface area contributed by atoms with Gasteiger partial charge in [-0.25, -0.2) is 9.18 Å². The first-order valence-electron chi connectivity index (χ1n) is 23.6. The van der Waals surface area contributed by atoms with Crippen molar-refractivity contribution >= 4 is 22.6 Å². The lowest BCUT2D eigenvalue weighted by Gasteiger charge is -2.59. The number of oxime groups is 1. The van der Waals surface area contributed by atoms with Crippen LogP contribution in [-0.2, 0) is 27.5 Å². The Morgan fingerprint density at radius 3 is 2.33 bits per heavy atom. The lowest BCUT2D eigenvalue weighted by molar-refractivity contribution is -0.256. The maximum atomic E-state index is 14.7. The fourth-order valence-electron chi connectivity index (χ4n) is 10.2. The predicted molar refractivity (Wildman–Crippen MR) is 258 cm³/mol. The van der Waals surface area contributed by atoms with E-state index in [0.29, 0.717) is 47.8 Å². The summed E-state index contributed by atoms with van der Waals surface area (Å²) in [6, 6.07) is 35.2. The number of hydrogen-bond donors (Lipinski definition) is 2. The Morgan fingerprint density at radius 2 is 1.57 bits per heavy atom. The number of rotatable bonds is 22. The molecule has 3 aliphatic rings. The number of benzene rings is 5. The molecular weight excluding hydrogens is 848 g/mol. The van der Waals surface area contributed by atoms with E-state index in [4.69, 9.17) is 28.9 Å². The van der Waals surface area contributed by atoms with Crippen LogP contribution in [0.4, 0.5) is 9.18 Å². The summed E-state index contributed by atoms with van der Waals surface area (Å²) >= 11 is 0.